The standard InChI is InChI=1S/C27H29ClFN5O4/c1-16(36)34-13-20(15-35)33(12-17-4-6-21(38-3)7-5-17)14-24(34)19-9-22(31-25(28)10-19)18-8-23(27(37)30-2)32-26(29)11-18/h4-11,20,24,35H,12-15H2,1-3H3,(H,30,37)/t20-,24+/m1/s1. The number of hydrogen-bond acceptors (Lipinski definition) is 7. The van der Waals surface area contributed by atoms with Gasteiger partial charge in [-0.05, 0) is 41.5 Å². The average molecular weight is 542 g/mol. The topological polar surface area (TPSA) is 108 Å². The molecule has 3 heterocycles. The quantitative estimate of drug-likeness (QED) is 0.443. The summed E-state index contributed by atoms with van der Waals surface area (Å²) in [6.45, 7) is 2.65. The van der Waals surface area contributed by atoms with Gasteiger partial charge in [-0.2, -0.15) is 4.39 Å². The van der Waals surface area contributed by atoms with Crippen molar-refractivity contribution in [2.24, 2.45) is 0 Å². The number of methoxy groups -OCH3 is 1. The zero-order valence-corrected chi connectivity index (χ0v) is 22.1. The maximum absolute atomic E-state index is 14.3. The molecule has 2 N–H and O–H groups in total. The number of carbonyl (C=O) groups excluding carboxylic acids is 2. The Morgan fingerprint density at radius 1 is 1.16 bits per heavy atom. The van der Waals surface area contributed by atoms with E-state index in [0.717, 1.165) is 11.3 Å². The van der Waals surface area contributed by atoms with Crippen LogP contribution in [0, 0.1) is 5.95 Å². The summed E-state index contributed by atoms with van der Waals surface area (Å²) in [7, 11) is 3.04. The van der Waals surface area contributed by atoms with E-state index in [4.69, 9.17) is 16.3 Å². The van der Waals surface area contributed by atoms with Crippen LogP contribution in [0.1, 0.15) is 34.6 Å². The molecule has 0 saturated carbocycles. The molecule has 1 fully saturated rings. The summed E-state index contributed by atoms with van der Waals surface area (Å²) in [4.78, 5) is 36.6. The Morgan fingerprint density at radius 2 is 1.89 bits per heavy atom. The molecule has 200 valence electrons. The molecule has 1 aliphatic heterocycles. The molecule has 11 heteroatoms. The van der Waals surface area contributed by atoms with E-state index >= 15 is 0 Å². The fraction of sp³-hybridized carbons (Fsp3) is 0.333. The highest BCUT2D eigenvalue weighted by Crippen LogP contribution is 2.33. The monoisotopic (exact) mass is 541 g/mol. The Bertz CT molecular complexity index is 1320. The van der Waals surface area contributed by atoms with Crippen molar-refractivity contribution < 1.29 is 23.8 Å². The highest BCUT2D eigenvalue weighted by molar-refractivity contribution is 6.29. The smallest absolute Gasteiger partial charge is 0.269 e. The summed E-state index contributed by atoms with van der Waals surface area (Å²) in [6, 6.07) is 13.0. The first-order valence-electron chi connectivity index (χ1n) is 12.0. The first-order chi connectivity index (χ1) is 18.2. The summed E-state index contributed by atoms with van der Waals surface area (Å²) >= 11 is 6.40. The molecule has 0 radical (unpaired) electrons. The third-order valence-corrected chi connectivity index (χ3v) is 6.81. The molecule has 1 aromatic carbocycles. The van der Waals surface area contributed by atoms with Crippen molar-refractivity contribution in [2.45, 2.75) is 25.6 Å². The molecular formula is C27H29ClFN5O4. The highest BCUT2D eigenvalue weighted by atomic mass is 35.5. The summed E-state index contributed by atoms with van der Waals surface area (Å²) in [5.74, 6) is -0.766. The Kier molecular flexibility index (Phi) is 8.55. The van der Waals surface area contributed by atoms with Crippen molar-refractivity contribution in [1.29, 1.82) is 0 Å². The Labute approximate surface area is 225 Å². The van der Waals surface area contributed by atoms with Gasteiger partial charge in [-0.3, -0.25) is 14.5 Å². The Morgan fingerprint density at radius 3 is 2.53 bits per heavy atom. The minimum atomic E-state index is -0.830. The van der Waals surface area contributed by atoms with E-state index in [2.05, 4.69) is 20.2 Å². The van der Waals surface area contributed by atoms with Crippen molar-refractivity contribution in [3.63, 3.8) is 0 Å². The van der Waals surface area contributed by atoms with E-state index in [1.165, 1.54) is 26.1 Å². The van der Waals surface area contributed by atoms with E-state index < -0.39 is 17.9 Å². The lowest BCUT2D eigenvalue weighted by atomic mass is 9.97. The molecule has 3 aromatic rings. The zero-order valence-electron chi connectivity index (χ0n) is 21.3. The number of amides is 2. The second-order valence-electron chi connectivity index (χ2n) is 9.05. The number of rotatable bonds is 7. The van der Waals surface area contributed by atoms with Gasteiger partial charge in [-0.25, -0.2) is 9.97 Å². The number of piperazine rings is 1. The van der Waals surface area contributed by atoms with Crippen LogP contribution in [0.5, 0.6) is 5.75 Å². The van der Waals surface area contributed by atoms with Gasteiger partial charge < -0.3 is 20.1 Å². The number of nitrogens with one attached hydrogen (secondary N) is 1. The summed E-state index contributed by atoms with van der Waals surface area (Å²) < 4.78 is 19.5. The number of benzene rings is 1. The van der Waals surface area contributed by atoms with Crippen LogP contribution in [0.3, 0.4) is 0 Å². The fourth-order valence-corrected chi connectivity index (χ4v) is 4.87. The van der Waals surface area contributed by atoms with Crippen molar-refractivity contribution >= 4 is 23.4 Å². The Balaban J connectivity index is 1.70. The molecule has 0 unspecified atom stereocenters. The first kappa shape index (κ1) is 27.4. The number of aliphatic hydroxyl groups excluding tert-OH is 1. The maximum atomic E-state index is 14.3. The van der Waals surface area contributed by atoms with E-state index in [0.29, 0.717) is 36.5 Å². The molecular weight excluding hydrogens is 513 g/mol. The summed E-state index contributed by atoms with van der Waals surface area (Å²) in [6.07, 6.45) is 0. The van der Waals surface area contributed by atoms with E-state index in [9.17, 15) is 19.1 Å². The van der Waals surface area contributed by atoms with Gasteiger partial charge in [-0.1, -0.05) is 23.7 Å². The normalized spacial score (nSPS) is 17.8. The molecule has 1 saturated heterocycles. The van der Waals surface area contributed by atoms with Gasteiger partial charge >= 0.3 is 0 Å². The lowest BCUT2D eigenvalue weighted by Crippen LogP contribution is -2.56. The lowest BCUT2D eigenvalue weighted by molar-refractivity contribution is -0.136. The molecule has 9 nitrogen and oxygen atoms in total. The molecule has 0 spiro atoms. The third-order valence-electron chi connectivity index (χ3n) is 6.62. The largest absolute Gasteiger partial charge is 0.497 e. The second kappa shape index (κ2) is 11.8. The van der Waals surface area contributed by atoms with Crippen LogP contribution in [-0.4, -0.2) is 76.6 Å². The van der Waals surface area contributed by atoms with Crippen LogP contribution in [-0.2, 0) is 11.3 Å². The predicted molar refractivity (Wildman–Crippen MR) is 140 cm³/mol. The first-order valence-corrected chi connectivity index (χ1v) is 12.4. The number of aromatic nitrogens is 2. The maximum Gasteiger partial charge on any atom is 0.269 e. The summed E-state index contributed by atoms with van der Waals surface area (Å²) in [5.41, 5.74) is 2.30. The molecule has 38 heavy (non-hydrogen) atoms. The van der Waals surface area contributed by atoms with E-state index in [-0.39, 0.29) is 29.4 Å². The molecule has 2 aromatic heterocycles. The fourth-order valence-electron chi connectivity index (χ4n) is 4.65. The minimum absolute atomic E-state index is 0.0923. The molecule has 0 aliphatic carbocycles. The molecule has 2 amide bonds. The van der Waals surface area contributed by atoms with Crippen molar-refractivity contribution in [1.82, 2.24) is 25.1 Å². The van der Waals surface area contributed by atoms with Crippen LogP contribution in [0.2, 0.25) is 5.15 Å². The third kappa shape index (κ3) is 6.09. The van der Waals surface area contributed by atoms with Crippen LogP contribution < -0.4 is 10.1 Å². The number of carbonyl (C=O) groups is 2. The van der Waals surface area contributed by atoms with Gasteiger partial charge in [0, 0.05) is 45.2 Å². The van der Waals surface area contributed by atoms with Crippen LogP contribution in [0.25, 0.3) is 11.3 Å². The minimum Gasteiger partial charge on any atom is -0.497 e. The number of pyridine rings is 2. The van der Waals surface area contributed by atoms with E-state index in [1.54, 1.807) is 24.1 Å². The zero-order chi connectivity index (χ0) is 27.4. The second-order valence-corrected chi connectivity index (χ2v) is 9.44. The van der Waals surface area contributed by atoms with Gasteiger partial charge in [-0.15, -0.1) is 0 Å². The van der Waals surface area contributed by atoms with Crippen molar-refractivity contribution in [3.8, 4) is 17.0 Å². The number of nitrogens with zero attached hydrogens (tertiary/aromatic N) is 4. The summed E-state index contributed by atoms with van der Waals surface area (Å²) in [5, 5.41) is 12.7. The van der Waals surface area contributed by atoms with Crippen molar-refractivity contribution in [2.75, 3.05) is 33.9 Å². The van der Waals surface area contributed by atoms with Gasteiger partial charge in [0.05, 0.1) is 31.5 Å². The van der Waals surface area contributed by atoms with Gasteiger partial charge in [0.25, 0.3) is 5.91 Å². The molecule has 4 rings (SSSR count). The van der Waals surface area contributed by atoms with E-state index in [1.807, 2.05) is 24.3 Å². The predicted octanol–water partition coefficient (Wildman–Crippen LogP) is 3.07. The number of ether oxygens (including phenoxy) is 1. The molecule has 1 aliphatic rings. The lowest BCUT2D eigenvalue weighted by Gasteiger charge is -2.46. The molecule has 2 atom stereocenters. The number of aliphatic hydroxyl groups is 1. The average Bonchev–Trinajstić information content (AvgIpc) is 2.92. The van der Waals surface area contributed by atoms with Gasteiger partial charge in [0.15, 0.2) is 0 Å². The highest BCUT2D eigenvalue weighted by Gasteiger charge is 2.36. The van der Waals surface area contributed by atoms with Crippen LogP contribution >= 0.6 is 11.6 Å². The van der Waals surface area contributed by atoms with Crippen LogP contribution in [0.15, 0.2) is 48.5 Å². The number of halogens is 2. The number of hydrogen-bond donors (Lipinski definition) is 2. The van der Waals surface area contributed by atoms with Gasteiger partial charge in [0.1, 0.15) is 16.6 Å². The van der Waals surface area contributed by atoms with Crippen molar-refractivity contribution in [3.05, 3.63) is 76.5 Å². The van der Waals surface area contributed by atoms with Crippen LogP contribution in [0.4, 0.5) is 4.39 Å². The Hall–Kier alpha value is -3.60. The SMILES string of the molecule is CNC(=O)c1cc(-c2cc([C@@H]3CN(Cc4ccc(OC)cc4)[C@@H](CO)CN3C(C)=O)cc(Cl)n2)cc(F)n1. The molecule has 0 bridgehead atoms. The van der Waals surface area contributed by atoms with Gasteiger partial charge in [0.2, 0.25) is 11.9 Å².